The molecular formula is C15H16ClNO. The van der Waals surface area contributed by atoms with Gasteiger partial charge in [0.15, 0.2) is 0 Å². The molecule has 0 heterocycles. The third-order valence-electron chi connectivity index (χ3n) is 2.80. The maximum absolute atomic E-state index is 5.93. The monoisotopic (exact) mass is 261 g/mol. The molecule has 0 amide bonds. The summed E-state index contributed by atoms with van der Waals surface area (Å²) in [5, 5.41) is 0.670. The molecule has 18 heavy (non-hydrogen) atoms. The van der Waals surface area contributed by atoms with Crippen LogP contribution in [0, 0.1) is 0 Å². The molecule has 0 radical (unpaired) electrons. The molecule has 94 valence electrons. The number of hydrogen-bond acceptors (Lipinski definition) is 2. The average Bonchev–Trinajstić information content (AvgIpc) is 2.41. The minimum Gasteiger partial charge on any atom is -0.457 e. The fourth-order valence-electron chi connectivity index (χ4n) is 1.73. The van der Waals surface area contributed by atoms with Crippen molar-refractivity contribution in [2.24, 2.45) is 5.73 Å². The van der Waals surface area contributed by atoms with E-state index in [9.17, 15) is 0 Å². The van der Waals surface area contributed by atoms with Crippen LogP contribution in [-0.2, 0) is 13.0 Å². The number of rotatable bonds is 4. The summed E-state index contributed by atoms with van der Waals surface area (Å²) in [6, 6.07) is 13.5. The van der Waals surface area contributed by atoms with Gasteiger partial charge in [0.25, 0.3) is 0 Å². The van der Waals surface area contributed by atoms with Crippen LogP contribution >= 0.6 is 11.6 Å². The standard InChI is InChI=1S/C15H16ClNO/c1-2-11-3-6-14(7-4-11)18-15-8-5-13(16)9-12(15)10-17/h3-9H,2,10,17H2,1H3. The van der Waals surface area contributed by atoms with Crippen molar-refractivity contribution in [2.45, 2.75) is 19.9 Å². The molecule has 2 aromatic carbocycles. The van der Waals surface area contributed by atoms with Gasteiger partial charge in [0, 0.05) is 17.1 Å². The van der Waals surface area contributed by atoms with E-state index in [1.807, 2.05) is 24.3 Å². The summed E-state index contributed by atoms with van der Waals surface area (Å²) in [7, 11) is 0. The molecule has 0 spiro atoms. The van der Waals surface area contributed by atoms with E-state index in [1.165, 1.54) is 5.56 Å². The summed E-state index contributed by atoms with van der Waals surface area (Å²) in [6.07, 6.45) is 1.02. The summed E-state index contributed by atoms with van der Waals surface area (Å²) in [5.74, 6) is 1.57. The first-order chi connectivity index (χ1) is 8.72. The molecule has 2 nitrogen and oxygen atoms in total. The predicted molar refractivity (Wildman–Crippen MR) is 75.2 cm³/mol. The highest BCUT2D eigenvalue weighted by atomic mass is 35.5. The zero-order chi connectivity index (χ0) is 13.0. The van der Waals surface area contributed by atoms with Crippen LogP contribution in [0.2, 0.25) is 5.02 Å². The molecule has 0 unspecified atom stereocenters. The van der Waals surface area contributed by atoms with Gasteiger partial charge in [-0.1, -0.05) is 30.7 Å². The number of ether oxygens (including phenoxy) is 1. The smallest absolute Gasteiger partial charge is 0.132 e. The Balaban J connectivity index is 2.22. The Hall–Kier alpha value is -1.51. The van der Waals surface area contributed by atoms with Gasteiger partial charge in [0.2, 0.25) is 0 Å². The Labute approximate surface area is 112 Å². The zero-order valence-corrected chi connectivity index (χ0v) is 11.1. The van der Waals surface area contributed by atoms with Gasteiger partial charge in [0.1, 0.15) is 11.5 Å². The third-order valence-corrected chi connectivity index (χ3v) is 3.04. The summed E-state index contributed by atoms with van der Waals surface area (Å²) >= 11 is 5.93. The quantitative estimate of drug-likeness (QED) is 0.897. The maximum atomic E-state index is 5.93. The first kappa shape index (κ1) is 12.9. The molecule has 0 aliphatic carbocycles. The lowest BCUT2D eigenvalue weighted by Gasteiger charge is -2.10. The number of benzene rings is 2. The molecule has 0 aromatic heterocycles. The second-order valence-corrected chi connectivity index (χ2v) is 4.49. The van der Waals surface area contributed by atoms with Crippen molar-refractivity contribution in [1.82, 2.24) is 0 Å². The van der Waals surface area contributed by atoms with Crippen LogP contribution in [0.5, 0.6) is 11.5 Å². The fourth-order valence-corrected chi connectivity index (χ4v) is 1.92. The van der Waals surface area contributed by atoms with E-state index in [2.05, 4.69) is 19.1 Å². The lowest BCUT2D eigenvalue weighted by atomic mass is 10.1. The van der Waals surface area contributed by atoms with Crippen molar-refractivity contribution in [3.63, 3.8) is 0 Å². The number of nitrogens with two attached hydrogens (primary N) is 1. The summed E-state index contributed by atoms with van der Waals surface area (Å²) in [4.78, 5) is 0. The van der Waals surface area contributed by atoms with Gasteiger partial charge in [-0.2, -0.15) is 0 Å². The SMILES string of the molecule is CCc1ccc(Oc2ccc(Cl)cc2CN)cc1. The van der Waals surface area contributed by atoms with Crippen molar-refractivity contribution >= 4 is 11.6 Å². The second kappa shape index (κ2) is 5.89. The maximum Gasteiger partial charge on any atom is 0.132 e. The van der Waals surface area contributed by atoms with Gasteiger partial charge in [-0.3, -0.25) is 0 Å². The normalized spacial score (nSPS) is 10.4. The van der Waals surface area contributed by atoms with E-state index < -0.39 is 0 Å². The number of aryl methyl sites for hydroxylation is 1. The molecule has 3 heteroatoms. The van der Waals surface area contributed by atoms with Gasteiger partial charge in [0.05, 0.1) is 0 Å². The van der Waals surface area contributed by atoms with E-state index in [0.717, 1.165) is 23.5 Å². The molecule has 2 rings (SSSR count). The molecular weight excluding hydrogens is 246 g/mol. The Kier molecular flexibility index (Phi) is 4.24. The van der Waals surface area contributed by atoms with E-state index in [4.69, 9.17) is 22.1 Å². The Morgan fingerprint density at radius 3 is 2.44 bits per heavy atom. The van der Waals surface area contributed by atoms with Crippen LogP contribution in [0.15, 0.2) is 42.5 Å². The zero-order valence-electron chi connectivity index (χ0n) is 10.3. The van der Waals surface area contributed by atoms with Crippen LogP contribution in [0.1, 0.15) is 18.1 Å². The second-order valence-electron chi connectivity index (χ2n) is 4.06. The van der Waals surface area contributed by atoms with Gasteiger partial charge in [-0.25, -0.2) is 0 Å². The van der Waals surface area contributed by atoms with Crippen molar-refractivity contribution in [1.29, 1.82) is 0 Å². The minimum atomic E-state index is 0.406. The molecule has 2 N–H and O–H groups in total. The van der Waals surface area contributed by atoms with Crippen molar-refractivity contribution < 1.29 is 4.74 Å². The van der Waals surface area contributed by atoms with E-state index in [-0.39, 0.29) is 0 Å². The lowest BCUT2D eigenvalue weighted by Crippen LogP contribution is -1.99. The van der Waals surface area contributed by atoms with Gasteiger partial charge in [-0.15, -0.1) is 0 Å². The minimum absolute atomic E-state index is 0.406. The van der Waals surface area contributed by atoms with Crippen molar-refractivity contribution in [2.75, 3.05) is 0 Å². The molecule has 0 bridgehead atoms. The molecule has 0 atom stereocenters. The third kappa shape index (κ3) is 3.03. The van der Waals surface area contributed by atoms with Crippen LogP contribution in [0.4, 0.5) is 0 Å². The van der Waals surface area contributed by atoms with Crippen LogP contribution < -0.4 is 10.5 Å². The first-order valence-electron chi connectivity index (χ1n) is 5.98. The summed E-state index contributed by atoms with van der Waals surface area (Å²) in [6.45, 7) is 2.53. The molecule has 0 aliphatic heterocycles. The van der Waals surface area contributed by atoms with Crippen LogP contribution in [-0.4, -0.2) is 0 Å². The number of halogens is 1. The van der Waals surface area contributed by atoms with Gasteiger partial charge < -0.3 is 10.5 Å². The molecule has 2 aromatic rings. The topological polar surface area (TPSA) is 35.2 Å². The van der Waals surface area contributed by atoms with Crippen molar-refractivity contribution in [3.8, 4) is 11.5 Å². The highest BCUT2D eigenvalue weighted by Crippen LogP contribution is 2.27. The van der Waals surface area contributed by atoms with Crippen LogP contribution in [0.3, 0.4) is 0 Å². The van der Waals surface area contributed by atoms with Crippen LogP contribution in [0.25, 0.3) is 0 Å². The highest BCUT2D eigenvalue weighted by Gasteiger charge is 2.04. The Morgan fingerprint density at radius 2 is 1.83 bits per heavy atom. The van der Waals surface area contributed by atoms with E-state index in [0.29, 0.717) is 11.6 Å². The van der Waals surface area contributed by atoms with E-state index >= 15 is 0 Å². The Morgan fingerprint density at radius 1 is 1.11 bits per heavy atom. The lowest BCUT2D eigenvalue weighted by molar-refractivity contribution is 0.476. The first-order valence-corrected chi connectivity index (χ1v) is 6.36. The highest BCUT2D eigenvalue weighted by molar-refractivity contribution is 6.30. The van der Waals surface area contributed by atoms with Gasteiger partial charge in [-0.05, 0) is 42.3 Å². The molecule has 0 fully saturated rings. The molecule has 0 aliphatic rings. The molecule has 0 saturated heterocycles. The van der Waals surface area contributed by atoms with Gasteiger partial charge >= 0.3 is 0 Å². The molecule has 0 saturated carbocycles. The largest absolute Gasteiger partial charge is 0.457 e. The average molecular weight is 262 g/mol. The summed E-state index contributed by atoms with van der Waals surface area (Å²) in [5.41, 5.74) is 7.87. The Bertz CT molecular complexity index is 523. The number of hydrogen-bond donors (Lipinski definition) is 1. The summed E-state index contributed by atoms with van der Waals surface area (Å²) < 4.78 is 5.82. The fraction of sp³-hybridized carbons (Fsp3) is 0.200. The van der Waals surface area contributed by atoms with Crippen molar-refractivity contribution in [3.05, 3.63) is 58.6 Å². The predicted octanol–water partition coefficient (Wildman–Crippen LogP) is 4.15. The van der Waals surface area contributed by atoms with E-state index in [1.54, 1.807) is 6.07 Å².